The lowest BCUT2D eigenvalue weighted by molar-refractivity contribution is -0.332. The number of carbonyl (C=O) groups excluding carboxylic acids is 1. The second-order valence-corrected chi connectivity index (χ2v) is 8.13. The molecule has 1 spiro atoms. The van der Waals surface area contributed by atoms with Gasteiger partial charge in [-0.1, -0.05) is 20.8 Å². The minimum absolute atomic E-state index is 0.0547. The molecule has 3 rings (SSSR count). The fourth-order valence-corrected chi connectivity index (χ4v) is 4.65. The summed E-state index contributed by atoms with van der Waals surface area (Å²) in [5, 5.41) is 0. The second kappa shape index (κ2) is 4.54. The van der Waals surface area contributed by atoms with Crippen LogP contribution in [0.4, 0.5) is 0 Å². The molecular formula is C17H28O3. The lowest BCUT2D eigenvalue weighted by Crippen LogP contribution is -2.58. The maximum Gasteiger partial charge on any atom is 0.180 e. The summed E-state index contributed by atoms with van der Waals surface area (Å²) in [7, 11) is 0. The predicted octanol–water partition coefficient (Wildman–Crippen LogP) is 3.56. The van der Waals surface area contributed by atoms with E-state index in [2.05, 4.69) is 27.7 Å². The van der Waals surface area contributed by atoms with Gasteiger partial charge in [0, 0.05) is 18.3 Å². The average Bonchev–Trinajstić information content (AvgIpc) is 2.62. The Morgan fingerprint density at radius 2 is 1.75 bits per heavy atom. The summed E-state index contributed by atoms with van der Waals surface area (Å²) in [4.78, 5) is 12.8. The number of Topliss-reactive ketones (excluding diaryl/α,β-unsaturated/α-hetero) is 1. The fraction of sp³-hybridized carbons (Fsp3) is 0.941. The molecule has 3 fully saturated rings. The molecular weight excluding hydrogens is 252 g/mol. The van der Waals surface area contributed by atoms with Crippen molar-refractivity contribution in [2.24, 2.45) is 22.7 Å². The molecule has 3 atom stereocenters. The number of rotatable bonds is 0. The maximum absolute atomic E-state index is 12.8. The van der Waals surface area contributed by atoms with Crippen LogP contribution in [-0.2, 0) is 14.3 Å². The highest BCUT2D eigenvalue weighted by atomic mass is 16.7. The van der Waals surface area contributed by atoms with E-state index in [1.54, 1.807) is 0 Å². The molecule has 0 aromatic rings. The third kappa shape index (κ3) is 1.89. The molecule has 0 aromatic heterocycles. The summed E-state index contributed by atoms with van der Waals surface area (Å²) >= 11 is 0. The molecule has 0 aromatic carbocycles. The predicted molar refractivity (Wildman–Crippen MR) is 77.3 cm³/mol. The Labute approximate surface area is 122 Å². The topological polar surface area (TPSA) is 35.5 Å². The first kappa shape index (κ1) is 14.5. The van der Waals surface area contributed by atoms with Crippen LogP contribution in [0.5, 0.6) is 0 Å². The fourth-order valence-electron chi connectivity index (χ4n) is 4.65. The lowest BCUT2D eigenvalue weighted by atomic mass is 9.68. The largest absolute Gasteiger partial charge is 0.348 e. The average molecular weight is 280 g/mol. The first-order valence-corrected chi connectivity index (χ1v) is 8.12. The van der Waals surface area contributed by atoms with Crippen LogP contribution in [0.2, 0.25) is 0 Å². The van der Waals surface area contributed by atoms with Gasteiger partial charge < -0.3 is 9.47 Å². The van der Waals surface area contributed by atoms with Crippen molar-refractivity contribution < 1.29 is 14.3 Å². The van der Waals surface area contributed by atoms with Crippen molar-refractivity contribution in [3.05, 3.63) is 0 Å². The van der Waals surface area contributed by atoms with Crippen molar-refractivity contribution in [2.75, 3.05) is 13.2 Å². The van der Waals surface area contributed by atoms with Crippen molar-refractivity contribution in [3.63, 3.8) is 0 Å². The molecule has 2 aliphatic carbocycles. The van der Waals surface area contributed by atoms with Gasteiger partial charge in [-0.05, 0) is 38.0 Å². The molecule has 0 N–H and O–H groups in total. The Hall–Kier alpha value is -0.410. The van der Waals surface area contributed by atoms with Crippen molar-refractivity contribution in [3.8, 4) is 0 Å². The third-order valence-electron chi connectivity index (χ3n) is 6.04. The summed E-state index contributed by atoms with van der Waals surface area (Å²) in [5.74, 6) is 0.721. The molecule has 2 saturated carbocycles. The van der Waals surface area contributed by atoms with Crippen molar-refractivity contribution in [1.82, 2.24) is 0 Å². The summed E-state index contributed by atoms with van der Waals surface area (Å²) in [6, 6.07) is 0. The molecule has 114 valence electrons. The van der Waals surface area contributed by atoms with Gasteiger partial charge in [0.15, 0.2) is 5.79 Å². The minimum atomic E-state index is -0.650. The maximum atomic E-state index is 12.8. The van der Waals surface area contributed by atoms with E-state index in [0.29, 0.717) is 37.3 Å². The van der Waals surface area contributed by atoms with Crippen LogP contribution in [0.1, 0.15) is 59.8 Å². The molecule has 0 amide bonds. The first-order valence-electron chi connectivity index (χ1n) is 8.12. The van der Waals surface area contributed by atoms with Crippen LogP contribution in [0.15, 0.2) is 0 Å². The van der Waals surface area contributed by atoms with Gasteiger partial charge in [0.25, 0.3) is 0 Å². The van der Waals surface area contributed by atoms with Crippen LogP contribution >= 0.6 is 0 Å². The van der Waals surface area contributed by atoms with Crippen LogP contribution in [0.25, 0.3) is 0 Å². The Bertz CT molecular complexity index is 404. The highest BCUT2D eigenvalue weighted by molar-refractivity contribution is 5.86. The number of ketones is 1. The molecule has 1 heterocycles. The lowest BCUT2D eigenvalue weighted by Gasteiger charge is -2.50. The Morgan fingerprint density at radius 1 is 1.10 bits per heavy atom. The number of hydrogen-bond acceptors (Lipinski definition) is 3. The summed E-state index contributed by atoms with van der Waals surface area (Å²) < 4.78 is 12.5. The van der Waals surface area contributed by atoms with E-state index in [9.17, 15) is 4.79 Å². The van der Waals surface area contributed by atoms with Gasteiger partial charge in [0.1, 0.15) is 5.78 Å². The van der Waals surface area contributed by atoms with Crippen molar-refractivity contribution in [1.29, 1.82) is 0 Å². The zero-order valence-corrected chi connectivity index (χ0v) is 13.3. The quantitative estimate of drug-likeness (QED) is 0.680. The Balaban J connectivity index is 1.95. The van der Waals surface area contributed by atoms with E-state index in [1.807, 2.05) is 0 Å². The van der Waals surface area contributed by atoms with E-state index < -0.39 is 11.2 Å². The number of fused-ring (bicyclic) bond motifs is 2. The molecule has 0 bridgehead atoms. The highest BCUT2D eigenvalue weighted by Crippen LogP contribution is 2.60. The second-order valence-electron chi connectivity index (χ2n) is 8.13. The van der Waals surface area contributed by atoms with E-state index >= 15 is 0 Å². The smallest absolute Gasteiger partial charge is 0.180 e. The molecule has 3 aliphatic rings. The van der Waals surface area contributed by atoms with Crippen molar-refractivity contribution >= 4 is 5.78 Å². The Morgan fingerprint density at radius 3 is 2.40 bits per heavy atom. The van der Waals surface area contributed by atoms with Gasteiger partial charge in [-0.3, -0.25) is 4.79 Å². The summed E-state index contributed by atoms with van der Waals surface area (Å²) in [5.41, 5.74) is -0.390. The van der Waals surface area contributed by atoms with Crippen LogP contribution in [-0.4, -0.2) is 24.8 Å². The molecule has 20 heavy (non-hydrogen) atoms. The Kier molecular flexibility index (Phi) is 3.30. The molecule has 1 saturated heterocycles. The van der Waals surface area contributed by atoms with Crippen LogP contribution < -0.4 is 0 Å². The van der Waals surface area contributed by atoms with E-state index in [1.165, 1.54) is 0 Å². The van der Waals surface area contributed by atoms with Gasteiger partial charge in [-0.2, -0.15) is 0 Å². The third-order valence-corrected chi connectivity index (χ3v) is 6.04. The minimum Gasteiger partial charge on any atom is -0.348 e. The van der Waals surface area contributed by atoms with E-state index in [0.717, 1.165) is 25.7 Å². The van der Waals surface area contributed by atoms with E-state index in [4.69, 9.17) is 9.47 Å². The van der Waals surface area contributed by atoms with Crippen molar-refractivity contribution in [2.45, 2.75) is 65.6 Å². The first-order chi connectivity index (χ1) is 9.31. The molecule has 0 radical (unpaired) electrons. The number of ether oxygens (including phenoxy) is 2. The van der Waals surface area contributed by atoms with Gasteiger partial charge in [-0.15, -0.1) is 0 Å². The summed E-state index contributed by atoms with van der Waals surface area (Å²) in [6.45, 7) is 10.1. The van der Waals surface area contributed by atoms with Crippen LogP contribution in [0.3, 0.4) is 0 Å². The standard InChI is InChI=1S/C17H28O3/c1-12-6-5-7-14(18)16(4)13(12)8-9-17(16)19-10-15(2,3)11-20-17/h12-13H,5-11H2,1-4H3/t12-,13-,16+/m0/s1. The number of hydrogen-bond donors (Lipinski definition) is 0. The zero-order chi connectivity index (χ0) is 14.6. The van der Waals surface area contributed by atoms with E-state index in [-0.39, 0.29) is 5.41 Å². The molecule has 3 heteroatoms. The van der Waals surface area contributed by atoms with Gasteiger partial charge >= 0.3 is 0 Å². The highest BCUT2D eigenvalue weighted by Gasteiger charge is 2.66. The molecule has 1 aliphatic heterocycles. The van der Waals surface area contributed by atoms with Crippen LogP contribution in [0, 0.1) is 22.7 Å². The zero-order valence-electron chi connectivity index (χ0n) is 13.3. The summed E-state index contributed by atoms with van der Waals surface area (Å²) in [6.07, 6.45) is 4.81. The van der Waals surface area contributed by atoms with Gasteiger partial charge in [0.2, 0.25) is 0 Å². The molecule has 0 unspecified atom stereocenters. The monoisotopic (exact) mass is 280 g/mol. The van der Waals surface area contributed by atoms with Gasteiger partial charge in [0.05, 0.1) is 18.6 Å². The number of carbonyl (C=O) groups is 1. The SMILES string of the molecule is C[C@H]1CCCC(=O)[C@@]2(C)[C@H]1CCC21OCC(C)(C)CO1. The normalized spacial score (nSPS) is 43.3. The van der Waals surface area contributed by atoms with Gasteiger partial charge in [-0.25, -0.2) is 0 Å². The molecule has 3 nitrogen and oxygen atoms in total.